The third kappa shape index (κ3) is 2.83. The van der Waals surface area contributed by atoms with E-state index in [2.05, 4.69) is 0 Å². The molecule has 0 aliphatic carbocycles. The lowest BCUT2D eigenvalue weighted by atomic mass is 9.97. The van der Waals surface area contributed by atoms with Crippen molar-refractivity contribution in [3.63, 3.8) is 0 Å². The SMILES string of the molecule is COc1cc(F)c(C(C)CCN)c(Cl)c1. The Bertz CT molecular complexity index is 320. The van der Waals surface area contributed by atoms with E-state index in [9.17, 15) is 4.39 Å². The van der Waals surface area contributed by atoms with Gasteiger partial charge in [-0.25, -0.2) is 4.39 Å². The highest BCUT2D eigenvalue weighted by Gasteiger charge is 2.15. The minimum atomic E-state index is -0.333. The zero-order chi connectivity index (χ0) is 11.4. The van der Waals surface area contributed by atoms with Crippen LogP contribution < -0.4 is 10.5 Å². The van der Waals surface area contributed by atoms with E-state index in [4.69, 9.17) is 22.1 Å². The molecule has 1 aromatic carbocycles. The molecular formula is C11H15ClFNO. The van der Waals surface area contributed by atoms with E-state index in [-0.39, 0.29) is 11.7 Å². The first-order valence-corrected chi connectivity index (χ1v) is 5.21. The van der Waals surface area contributed by atoms with Crippen LogP contribution in [0.5, 0.6) is 5.75 Å². The van der Waals surface area contributed by atoms with Crippen molar-refractivity contribution < 1.29 is 9.13 Å². The average Bonchev–Trinajstić information content (AvgIpc) is 2.16. The molecule has 0 radical (unpaired) electrons. The van der Waals surface area contributed by atoms with Gasteiger partial charge >= 0.3 is 0 Å². The van der Waals surface area contributed by atoms with Crippen LogP contribution in [0.25, 0.3) is 0 Å². The fourth-order valence-electron chi connectivity index (χ4n) is 1.54. The number of hydrogen-bond acceptors (Lipinski definition) is 2. The van der Waals surface area contributed by atoms with Gasteiger partial charge < -0.3 is 10.5 Å². The molecule has 2 nitrogen and oxygen atoms in total. The van der Waals surface area contributed by atoms with Crippen molar-refractivity contribution in [3.8, 4) is 5.75 Å². The highest BCUT2D eigenvalue weighted by Crippen LogP contribution is 2.32. The molecule has 0 heterocycles. The molecule has 1 unspecified atom stereocenters. The van der Waals surface area contributed by atoms with Crippen LogP contribution in [0.2, 0.25) is 5.02 Å². The number of benzene rings is 1. The molecule has 0 aliphatic rings. The maximum absolute atomic E-state index is 13.7. The summed E-state index contributed by atoms with van der Waals surface area (Å²) in [5.74, 6) is 0.120. The molecule has 0 aliphatic heterocycles. The van der Waals surface area contributed by atoms with E-state index in [0.717, 1.165) is 0 Å². The van der Waals surface area contributed by atoms with Crippen LogP contribution in [0.15, 0.2) is 12.1 Å². The second-order valence-electron chi connectivity index (χ2n) is 3.48. The molecule has 1 aromatic rings. The molecule has 1 atom stereocenters. The molecular weight excluding hydrogens is 217 g/mol. The molecule has 2 N–H and O–H groups in total. The highest BCUT2D eigenvalue weighted by atomic mass is 35.5. The van der Waals surface area contributed by atoms with Gasteiger partial charge in [-0.05, 0) is 24.9 Å². The highest BCUT2D eigenvalue weighted by molar-refractivity contribution is 6.31. The summed E-state index contributed by atoms with van der Waals surface area (Å²) in [7, 11) is 1.48. The van der Waals surface area contributed by atoms with Crippen LogP contribution in [0.1, 0.15) is 24.8 Å². The van der Waals surface area contributed by atoms with Crippen LogP contribution >= 0.6 is 11.6 Å². The van der Waals surface area contributed by atoms with Gasteiger partial charge in [0.05, 0.1) is 12.1 Å². The zero-order valence-electron chi connectivity index (χ0n) is 8.89. The first-order chi connectivity index (χ1) is 7.10. The molecule has 1 rings (SSSR count). The average molecular weight is 232 g/mol. The summed E-state index contributed by atoms with van der Waals surface area (Å²) in [4.78, 5) is 0. The normalized spacial score (nSPS) is 12.6. The Hall–Kier alpha value is -0.800. The van der Waals surface area contributed by atoms with Gasteiger partial charge in [0.1, 0.15) is 11.6 Å². The van der Waals surface area contributed by atoms with E-state index in [1.54, 1.807) is 6.07 Å². The standard InChI is InChI=1S/C11H15ClFNO/c1-7(3-4-14)11-9(12)5-8(15-2)6-10(11)13/h5-7H,3-4,14H2,1-2H3. The van der Waals surface area contributed by atoms with Crippen molar-refractivity contribution in [2.24, 2.45) is 5.73 Å². The molecule has 0 fully saturated rings. The zero-order valence-corrected chi connectivity index (χ0v) is 9.64. The second-order valence-corrected chi connectivity index (χ2v) is 3.89. The summed E-state index contributed by atoms with van der Waals surface area (Å²) in [6, 6.07) is 2.96. The van der Waals surface area contributed by atoms with Crippen LogP contribution in [0, 0.1) is 5.82 Å². The van der Waals surface area contributed by atoms with Crippen LogP contribution in [0.3, 0.4) is 0 Å². The minimum Gasteiger partial charge on any atom is -0.497 e. The quantitative estimate of drug-likeness (QED) is 0.865. The van der Waals surface area contributed by atoms with Gasteiger partial charge in [-0.15, -0.1) is 0 Å². The number of nitrogens with two attached hydrogens (primary N) is 1. The maximum atomic E-state index is 13.7. The Morgan fingerprint density at radius 3 is 2.67 bits per heavy atom. The van der Waals surface area contributed by atoms with Crippen molar-refractivity contribution in [3.05, 3.63) is 28.5 Å². The lowest BCUT2D eigenvalue weighted by Gasteiger charge is -2.14. The van der Waals surface area contributed by atoms with Crippen molar-refractivity contribution in [2.45, 2.75) is 19.3 Å². The Balaban J connectivity index is 3.07. The Kier molecular flexibility index (Phi) is 4.36. The third-order valence-corrected chi connectivity index (χ3v) is 2.69. The number of methoxy groups -OCH3 is 1. The summed E-state index contributed by atoms with van der Waals surface area (Å²) in [5, 5.41) is 0.396. The van der Waals surface area contributed by atoms with E-state index < -0.39 is 0 Å². The summed E-state index contributed by atoms with van der Waals surface area (Å²) in [6.07, 6.45) is 0.711. The fourth-order valence-corrected chi connectivity index (χ4v) is 1.93. The Morgan fingerprint density at radius 1 is 1.53 bits per heavy atom. The van der Waals surface area contributed by atoms with Gasteiger partial charge in [0.2, 0.25) is 0 Å². The monoisotopic (exact) mass is 231 g/mol. The molecule has 0 spiro atoms. The lowest BCUT2D eigenvalue weighted by molar-refractivity contribution is 0.410. The topological polar surface area (TPSA) is 35.2 Å². The number of halogens is 2. The van der Waals surface area contributed by atoms with Gasteiger partial charge in [-0.2, -0.15) is 0 Å². The third-order valence-electron chi connectivity index (χ3n) is 2.38. The minimum absolute atomic E-state index is 0.0217. The van der Waals surface area contributed by atoms with Crippen molar-refractivity contribution in [2.75, 3.05) is 13.7 Å². The maximum Gasteiger partial charge on any atom is 0.131 e. The molecule has 0 amide bonds. The molecule has 0 saturated carbocycles. The van der Waals surface area contributed by atoms with Gasteiger partial charge in [-0.3, -0.25) is 0 Å². The van der Waals surface area contributed by atoms with Crippen LogP contribution in [-0.2, 0) is 0 Å². The Morgan fingerprint density at radius 2 is 2.20 bits per heavy atom. The molecule has 84 valence electrons. The van der Waals surface area contributed by atoms with Crippen molar-refractivity contribution in [1.29, 1.82) is 0 Å². The van der Waals surface area contributed by atoms with Gasteiger partial charge in [0.15, 0.2) is 0 Å². The first-order valence-electron chi connectivity index (χ1n) is 4.83. The van der Waals surface area contributed by atoms with E-state index >= 15 is 0 Å². The number of hydrogen-bond donors (Lipinski definition) is 1. The van der Waals surface area contributed by atoms with Crippen LogP contribution in [-0.4, -0.2) is 13.7 Å². The van der Waals surface area contributed by atoms with Crippen molar-refractivity contribution in [1.82, 2.24) is 0 Å². The van der Waals surface area contributed by atoms with Crippen molar-refractivity contribution >= 4 is 11.6 Å². The van der Waals surface area contributed by atoms with Gasteiger partial charge in [-0.1, -0.05) is 18.5 Å². The van der Waals surface area contributed by atoms with Gasteiger partial charge in [0.25, 0.3) is 0 Å². The summed E-state index contributed by atoms with van der Waals surface area (Å²) < 4.78 is 18.6. The predicted octanol–water partition coefficient (Wildman–Crippen LogP) is 2.94. The second kappa shape index (κ2) is 5.33. The Labute approximate surface area is 94.2 Å². The smallest absolute Gasteiger partial charge is 0.131 e. The van der Waals surface area contributed by atoms with Gasteiger partial charge in [0, 0.05) is 11.6 Å². The van der Waals surface area contributed by atoms with E-state index in [1.807, 2.05) is 6.92 Å². The predicted molar refractivity (Wildman–Crippen MR) is 60.0 cm³/mol. The molecule has 4 heteroatoms. The largest absolute Gasteiger partial charge is 0.497 e. The molecule has 0 saturated heterocycles. The summed E-state index contributed by atoms with van der Waals surface area (Å²) in [6.45, 7) is 2.42. The van der Waals surface area contributed by atoms with E-state index in [0.29, 0.717) is 29.3 Å². The molecule has 0 bridgehead atoms. The van der Waals surface area contributed by atoms with E-state index in [1.165, 1.54) is 13.2 Å². The number of ether oxygens (including phenoxy) is 1. The summed E-state index contributed by atoms with van der Waals surface area (Å²) in [5.41, 5.74) is 5.95. The first kappa shape index (κ1) is 12.3. The summed E-state index contributed by atoms with van der Waals surface area (Å²) >= 11 is 5.98. The fraction of sp³-hybridized carbons (Fsp3) is 0.455. The number of rotatable bonds is 4. The van der Waals surface area contributed by atoms with Crippen LogP contribution in [0.4, 0.5) is 4.39 Å². The lowest BCUT2D eigenvalue weighted by Crippen LogP contribution is -2.07. The molecule has 0 aromatic heterocycles. The molecule has 15 heavy (non-hydrogen) atoms.